The molecule has 0 aliphatic heterocycles. The Morgan fingerprint density at radius 3 is 2.61 bits per heavy atom. The Morgan fingerprint density at radius 2 is 2.06 bits per heavy atom. The monoisotopic (exact) mass is 259 g/mol. The number of nitrogens with zero attached hydrogens (tertiary/aromatic N) is 1. The van der Waals surface area contributed by atoms with Crippen LogP contribution in [0.3, 0.4) is 0 Å². The molecule has 0 unspecified atom stereocenters. The van der Waals surface area contributed by atoms with Crippen molar-refractivity contribution < 1.29 is 18.3 Å². The summed E-state index contributed by atoms with van der Waals surface area (Å²) >= 11 is 0. The Bertz CT molecular complexity index is 421. The summed E-state index contributed by atoms with van der Waals surface area (Å²) in [7, 11) is 0. The van der Waals surface area contributed by atoms with Gasteiger partial charge < -0.3 is 20.9 Å². The van der Waals surface area contributed by atoms with E-state index in [2.05, 4.69) is 9.73 Å². The van der Waals surface area contributed by atoms with E-state index in [0.717, 1.165) is 5.56 Å². The molecule has 0 atom stereocenters. The quantitative estimate of drug-likeness (QED) is 0.598. The number of alkyl halides is 2. The molecule has 0 heterocycles. The molecule has 0 saturated carbocycles. The van der Waals surface area contributed by atoms with Crippen LogP contribution in [0.25, 0.3) is 0 Å². The average molecular weight is 259 g/mol. The molecule has 0 aromatic heterocycles. The molecule has 1 rings (SSSR count). The zero-order valence-electron chi connectivity index (χ0n) is 9.90. The van der Waals surface area contributed by atoms with Gasteiger partial charge in [-0.2, -0.15) is 8.78 Å². The van der Waals surface area contributed by atoms with Crippen LogP contribution in [0.15, 0.2) is 23.2 Å². The van der Waals surface area contributed by atoms with Crippen molar-refractivity contribution in [2.24, 2.45) is 16.5 Å². The average Bonchev–Trinajstić information content (AvgIpc) is 2.29. The van der Waals surface area contributed by atoms with Crippen LogP contribution in [0.4, 0.5) is 8.78 Å². The molecular formula is C11H15F2N3O2. The van der Waals surface area contributed by atoms with Gasteiger partial charge in [-0.1, -0.05) is 6.07 Å². The summed E-state index contributed by atoms with van der Waals surface area (Å²) in [5.74, 6) is 0.183. The third-order valence-electron chi connectivity index (χ3n) is 1.97. The summed E-state index contributed by atoms with van der Waals surface area (Å²) < 4.78 is 33.9. The Hall–Kier alpha value is -2.05. The number of nitrogens with two attached hydrogens (primary N) is 2. The molecule has 0 bridgehead atoms. The molecule has 0 spiro atoms. The highest BCUT2D eigenvalue weighted by Gasteiger charge is 2.11. The summed E-state index contributed by atoms with van der Waals surface area (Å²) in [4.78, 5) is 3.81. The van der Waals surface area contributed by atoms with E-state index in [0.29, 0.717) is 6.61 Å². The van der Waals surface area contributed by atoms with Gasteiger partial charge in [-0.25, -0.2) is 4.99 Å². The van der Waals surface area contributed by atoms with E-state index >= 15 is 0 Å². The van der Waals surface area contributed by atoms with Gasteiger partial charge in [0.1, 0.15) is 0 Å². The molecule has 5 nitrogen and oxygen atoms in total. The molecule has 0 aliphatic rings. The van der Waals surface area contributed by atoms with Gasteiger partial charge in [0.15, 0.2) is 17.5 Å². The second-order valence-electron chi connectivity index (χ2n) is 3.33. The van der Waals surface area contributed by atoms with Crippen molar-refractivity contribution in [2.75, 3.05) is 6.61 Å². The van der Waals surface area contributed by atoms with Gasteiger partial charge in [-0.05, 0) is 24.6 Å². The minimum absolute atomic E-state index is 0.0136. The van der Waals surface area contributed by atoms with Gasteiger partial charge >= 0.3 is 6.61 Å². The summed E-state index contributed by atoms with van der Waals surface area (Å²) in [5, 5.41) is 0. The van der Waals surface area contributed by atoms with E-state index in [1.807, 2.05) is 0 Å². The van der Waals surface area contributed by atoms with Crippen LogP contribution in [-0.4, -0.2) is 19.2 Å². The number of ether oxygens (including phenoxy) is 2. The molecule has 7 heteroatoms. The highest BCUT2D eigenvalue weighted by Crippen LogP contribution is 2.30. The Labute approximate surface area is 103 Å². The number of aliphatic imine (C=N–C) groups is 1. The van der Waals surface area contributed by atoms with Crippen molar-refractivity contribution in [1.82, 2.24) is 0 Å². The molecule has 18 heavy (non-hydrogen) atoms. The van der Waals surface area contributed by atoms with Crippen LogP contribution >= 0.6 is 0 Å². The molecule has 0 amide bonds. The number of halogens is 2. The van der Waals surface area contributed by atoms with Gasteiger partial charge in [0.2, 0.25) is 0 Å². The number of hydrogen-bond acceptors (Lipinski definition) is 3. The van der Waals surface area contributed by atoms with Crippen molar-refractivity contribution in [3.8, 4) is 11.5 Å². The van der Waals surface area contributed by atoms with Gasteiger partial charge in [0.05, 0.1) is 13.2 Å². The zero-order chi connectivity index (χ0) is 13.5. The largest absolute Gasteiger partial charge is 0.490 e. The first-order chi connectivity index (χ1) is 8.52. The SMILES string of the molecule is CCOc1cc(CN=C(N)N)ccc1OC(F)F. The number of rotatable bonds is 6. The molecular weight excluding hydrogens is 244 g/mol. The fourth-order valence-electron chi connectivity index (χ4n) is 1.30. The zero-order valence-corrected chi connectivity index (χ0v) is 9.90. The lowest BCUT2D eigenvalue weighted by Crippen LogP contribution is -2.22. The maximum absolute atomic E-state index is 12.2. The maximum Gasteiger partial charge on any atom is 0.387 e. The van der Waals surface area contributed by atoms with E-state index in [4.69, 9.17) is 16.2 Å². The molecule has 1 aromatic rings. The Morgan fingerprint density at radius 1 is 1.33 bits per heavy atom. The van der Waals surface area contributed by atoms with E-state index in [-0.39, 0.29) is 24.0 Å². The Kier molecular flexibility index (Phi) is 5.16. The van der Waals surface area contributed by atoms with Crippen LogP contribution in [0.1, 0.15) is 12.5 Å². The predicted octanol–water partition coefficient (Wildman–Crippen LogP) is 1.46. The first-order valence-corrected chi connectivity index (χ1v) is 5.28. The lowest BCUT2D eigenvalue weighted by molar-refractivity contribution is -0.0514. The van der Waals surface area contributed by atoms with Crippen LogP contribution in [-0.2, 0) is 6.54 Å². The smallest absolute Gasteiger partial charge is 0.387 e. The minimum atomic E-state index is -2.90. The van der Waals surface area contributed by atoms with Crippen molar-refractivity contribution in [1.29, 1.82) is 0 Å². The summed E-state index contributed by atoms with van der Waals surface area (Å²) in [5.41, 5.74) is 11.1. The van der Waals surface area contributed by atoms with Gasteiger partial charge in [0, 0.05) is 0 Å². The normalized spacial score (nSPS) is 10.2. The minimum Gasteiger partial charge on any atom is -0.490 e. The van der Waals surface area contributed by atoms with E-state index < -0.39 is 6.61 Å². The number of guanidine groups is 1. The number of hydrogen-bond donors (Lipinski definition) is 2. The molecule has 1 aromatic carbocycles. The lowest BCUT2D eigenvalue weighted by atomic mass is 10.2. The van der Waals surface area contributed by atoms with E-state index in [9.17, 15) is 8.78 Å². The third kappa shape index (κ3) is 4.44. The molecule has 0 fully saturated rings. The van der Waals surface area contributed by atoms with Crippen LogP contribution in [0.5, 0.6) is 11.5 Å². The van der Waals surface area contributed by atoms with Crippen molar-refractivity contribution in [3.63, 3.8) is 0 Å². The molecule has 0 radical (unpaired) electrons. The van der Waals surface area contributed by atoms with Crippen molar-refractivity contribution in [3.05, 3.63) is 23.8 Å². The summed E-state index contributed by atoms with van der Waals surface area (Å²) in [6, 6.07) is 4.55. The maximum atomic E-state index is 12.2. The lowest BCUT2D eigenvalue weighted by Gasteiger charge is -2.12. The van der Waals surface area contributed by atoms with Gasteiger partial charge in [0.25, 0.3) is 0 Å². The fourth-order valence-corrected chi connectivity index (χ4v) is 1.30. The summed E-state index contributed by atoms with van der Waals surface area (Å²) in [6.45, 7) is -0.565. The van der Waals surface area contributed by atoms with Crippen molar-refractivity contribution in [2.45, 2.75) is 20.1 Å². The fraction of sp³-hybridized carbons (Fsp3) is 0.364. The van der Waals surface area contributed by atoms with E-state index in [1.54, 1.807) is 19.1 Å². The molecule has 0 saturated heterocycles. The van der Waals surface area contributed by atoms with Crippen LogP contribution in [0, 0.1) is 0 Å². The first-order valence-electron chi connectivity index (χ1n) is 5.28. The first kappa shape index (κ1) is 14.0. The van der Waals surface area contributed by atoms with Crippen LogP contribution < -0.4 is 20.9 Å². The standard InChI is InChI=1S/C11H15F2N3O2/c1-2-17-9-5-7(6-16-11(14)15)3-4-8(9)18-10(12)13/h3-5,10H,2,6H2,1H3,(H4,14,15,16). The van der Waals surface area contributed by atoms with Gasteiger partial charge in [-0.15, -0.1) is 0 Å². The summed E-state index contributed by atoms with van der Waals surface area (Å²) in [6.07, 6.45) is 0. The Balaban J connectivity index is 2.91. The highest BCUT2D eigenvalue weighted by molar-refractivity contribution is 5.75. The second kappa shape index (κ2) is 6.63. The van der Waals surface area contributed by atoms with Crippen molar-refractivity contribution >= 4 is 5.96 Å². The predicted molar refractivity (Wildman–Crippen MR) is 63.8 cm³/mol. The highest BCUT2D eigenvalue weighted by atomic mass is 19.3. The number of benzene rings is 1. The molecule has 0 aliphatic carbocycles. The van der Waals surface area contributed by atoms with Gasteiger partial charge in [-0.3, -0.25) is 0 Å². The molecule has 4 N–H and O–H groups in total. The topological polar surface area (TPSA) is 82.9 Å². The second-order valence-corrected chi connectivity index (χ2v) is 3.33. The van der Waals surface area contributed by atoms with E-state index in [1.165, 1.54) is 6.07 Å². The van der Waals surface area contributed by atoms with Crippen LogP contribution in [0.2, 0.25) is 0 Å². The molecule has 100 valence electrons. The third-order valence-corrected chi connectivity index (χ3v) is 1.97.